The van der Waals surface area contributed by atoms with Crippen molar-refractivity contribution in [1.82, 2.24) is 10.9 Å². The van der Waals surface area contributed by atoms with Crippen LogP contribution in [0.2, 0.25) is 10.0 Å². The van der Waals surface area contributed by atoms with Crippen molar-refractivity contribution < 1.29 is 14.4 Å². The first-order valence-corrected chi connectivity index (χ1v) is 9.63. The molecule has 152 valence electrons. The summed E-state index contributed by atoms with van der Waals surface area (Å²) in [6, 6.07) is 17.9. The molecule has 3 N–H and O–H groups in total. The van der Waals surface area contributed by atoms with E-state index < -0.39 is 11.8 Å². The molecule has 3 aromatic rings. The minimum atomic E-state index is -0.577. The Morgan fingerprint density at radius 2 is 1.40 bits per heavy atom. The molecule has 0 atom stereocenters. The maximum Gasteiger partial charge on any atom is 0.271 e. The summed E-state index contributed by atoms with van der Waals surface area (Å²) in [6.07, 6.45) is 0. The average molecular weight is 442 g/mol. The normalized spacial score (nSPS) is 10.2. The molecule has 3 rings (SSSR count). The van der Waals surface area contributed by atoms with Gasteiger partial charge in [0.1, 0.15) is 0 Å². The van der Waals surface area contributed by atoms with Crippen molar-refractivity contribution in [3.63, 3.8) is 0 Å². The van der Waals surface area contributed by atoms with Crippen LogP contribution >= 0.6 is 23.2 Å². The van der Waals surface area contributed by atoms with E-state index in [2.05, 4.69) is 16.2 Å². The van der Waals surface area contributed by atoms with E-state index in [4.69, 9.17) is 23.2 Å². The Kier molecular flexibility index (Phi) is 6.72. The number of amides is 3. The van der Waals surface area contributed by atoms with Crippen LogP contribution < -0.4 is 16.2 Å². The van der Waals surface area contributed by atoms with Crippen molar-refractivity contribution in [2.75, 3.05) is 5.32 Å². The molecular weight excluding hydrogens is 425 g/mol. The second kappa shape index (κ2) is 9.43. The van der Waals surface area contributed by atoms with E-state index in [1.54, 1.807) is 24.3 Å². The molecule has 0 saturated carbocycles. The number of hydrogen-bond acceptors (Lipinski definition) is 3. The van der Waals surface area contributed by atoms with E-state index >= 15 is 0 Å². The highest BCUT2D eigenvalue weighted by atomic mass is 35.5. The molecule has 3 aromatic carbocycles. The van der Waals surface area contributed by atoms with Gasteiger partial charge in [-0.15, -0.1) is 0 Å². The zero-order chi connectivity index (χ0) is 21.7. The number of aryl methyl sites for hydroxylation is 1. The fraction of sp³-hybridized carbons (Fsp3) is 0.0455. The van der Waals surface area contributed by atoms with Gasteiger partial charge >= 0.3 is 0 Å². The first-order chi connectivity index (χ1) is 14.3. The van der Waals surface area contributed by atoms with Gasteiger partial charge in [-0.2, -0.15) is 0 Å². The topological polar surface area (TPSA) is 87.3 Å². The first-order valence-electron chi connectivity index (χ1n) is 8.88. The Bertz CT molecular complexity index is 1110. The van der Waals surface area contributed by atoms with Gasteiger partial charge in [0.2, 0.25) is 0 Å². The molecule has 0 radical (unpaired) electrons. The molecule has 3 amide bonds. The van der Waals surface area contributed by atoms with Gasteiger partial charge in [0.05, 0.1) is 10.6 Å². The van der Waals surface area contributed by atoms with Gasteiger partial charge in [-0.05, 0) is 61.0 Å². The van der Waals surface area contributed by atoms with Crippen molar-refractivity contribution >= 4 is 46.6 Å². The van der Waals surface area contributed by atoms with Gasteiger partial charge < -0.3 is 5.32 Å². The number of hydrazine groups is 1. The zero-order valence-electron chi connectivity index (χ0n) is 15.8. The SMILES string of the molecule is Cc1ccccc1C(=O)Nc1ccc(C(=O)NNC(=O)c2ccc(Cl)cc2Cl)cc1. The van der Waals surface area contributed by atoms with Gasteiger partial charge in [0.15, 0.2) is 0 Å². The lowest BCUT2D eigenvalue weighted by Gasteiger charge is -2.10. The molecule has 0 spiro atoms. The third-order valence-electron chi connectivity index (χ3n) is 4.26. The van der Waals surface area contributed by atoms with Crippen molar-refractivity contribution in [2.45, 2.75) is 6.92 Å². The molecule has 8 heteroatoms. The van der Waals surface area contributed by atoms with Gasteiger partial charge in [-0.25, -0.2) is 0 Å². The second-order valence-electron chi connectivity index (χ2n) is 6.38. The summed E-state index contributed by atoms with van der Waals surface area (Å²) in [7, 11) is 0. The van der Waals surface area contributed by atoms with Crippen LogP contribution in [0.4, 0.5) is 5.69 Å². The van der Waals surface area contributed by atoms with Crippen LogP contribution in [0.3, 0.4) is 0 Å². The Hall–Kier alpha value is -3.35. The fourth-order valence-electron chi connectivity index (χ4n) is 2.66. The van der Waals surface area contributed by atoms with E-state index in [-0.39, 0.29) is 16.5 Å². The summed E-state index contributed by atoms with van der Waals surface area (Å²) in [5.41, 5.74) is 7.06. The number of carbonyl (C=O) groups is 3. The highest BCUT2D eigenvalue weighted by Crippen LogP contribution is 2.20. The molecule has 0 heterocycles. The number of rotatable bonds is 4. The predicted molar refractivity (Wildman–Crippen MR) is 117 cm³/mol. The summed E-state index contributed by atoms with van der Waals surface area (Å²) in [5, 5.41) is 3.35. The molecule has 0 aliphatic carbocycles. The van der Waals surface area contributed by atoms with Gasteiger partial charge in [0.25, 0.3) is 17.7 Å². The van der Waals surface area contributed by atoms with E-state index in [1.165, 1.54) is 30.3 Å². The molecule has 0 aliphatic heterocycles. The van der Waals surface area contributed by atoms with Gasteiger partial charge in [0, 0.05) is 21.8 Å². The van der Waals surface area contributed by atoms with Crippen molar-refractivity contribution in [1.29, 1.82) is 0 Å². The monoisotopic (exact) mass is 441 g/mol. The molecule has 0 saturated heterocycles. The third kappa shape index (κ3) is 5.17. The maximum atomic E-state index is 12.4. The van der Waals surface area contributed by atoms with E-state index in [9.17, 15) is 14.4 Å². The Labute approximate surface area is 183 Å². The lowest BCUT2D eigenvalue weighted by molar-refractivity contribution is 0.0847. The third-order valence-corrected chi connectivity index (χ3v) is 4.81. The molecule has 6 nitrogen and oxygen atoms in total. The Balaban J connectivity index is 1.59. The number of hydrogen-bond donors (Lipinski definition) is 3. The van der Waals surface area contributed by atoms with Crippen LogP contribution in [-0.2, 0) is 0 Å². The van der Waals surface area contributed by atoms with Crippen molar-refractivity contribution in [3.05, 3.63) is 99.0 Å². The van der Waals surface area contributed by atoms with Gasteiger partial charge in [-0.1, -0.05) is 41.4 Å². The van der Waals surface area contributed by atoms with Crippen LogP contribution in [0, 0.1) is 6.92 Å². The highest BCUT2D eigenvalue weighted by Gasteiger charge is 2.13. The lowest BCUT2D eigenvalue weighted by Crippen LogP contribution is -2.41. The summed E-state index contributed by atoms with van der Waals surface area (Å²) >= 11 is 11.8. The Morgan fingerprint density at radius 3 is 2.07 bits per heavy atom. The zero-order valence-corrected chi connectivity index (χ0v) is 17.3. The second-order valence-corrected chi connectivity index (χ2v) is 7.22. The van der Waals surface area contributed by atoms with Crippen LogP contribution in [0.5, 0.6) is 0 Å². The summed E-state index contributed by atoms with van der Waals surface area (Å²) in [4.78, 5) is 36.8. The molecule has 0 bridgehead atoms. The minimum absolute atomic E-state index is 0.169. The molecule has 30 heavy (non-hydrogen) atoms. The molecule has 0 aromatic heterocycles. The van der Waals surface area contributed by atoms with Crippen LogP contribution in [-0.4, -0.2) is 17.7 Å². The highest BCUT2D eigenvalue weighted by molar-refractivity contribution is 6.36. The van der Waals surface area contributed by atoms with Gasteiger partial charge in [-0.3, -0.25) is 25.2 Å². The summed E-state index contributed by atoms with van der Waals surface area (Å²) < 4.78 is 0. The summed E-state index contributed by atoms with van der Waals surface area (Å²) in [6.45, 7) is 1.86. The summed E-state index contributed by atoms with van der Waals surface area (Å²) in [5.74, 6) is -1.34. The number of halogens is 2. The molecular formula is C22H17Cl2N3O3. The first kappa shape index (κ1) is 21.4. The van der Waals surface area contributed by atoms with Crippen LogP contribution in [0.25, 0.3) is 0 Å². The number of carbonyl (C=O) groups excluding carboxylic acids is 3. The van der Waals surface area contributed by atoms with Crippen molar-refractivity contribution in [2.24, 2.45) is 0 Å². The lowest BCUT2D eigenvalue weighted by atomic mass is 10.1. The smallest absolute Gasteiger partial charge is 0.271 e. The van der Waals surface area contributed by atoms with Crippen LogP contribution in [0.15, 0.2) is 66.7 Å². The Morgan fingerprint density at radius 1 is 0.733 bits per heavy atom. The van der Waals surface area contributed by atoms with E-state index in [0.29, 0.717) is 21.8 Å². The van der Waals surface area contributed by atoms with E-state index in [0.717, 1.165) is 5.56 Å². The van der Waals surface area contributed by atoms with Crippen molar-refractivity contribution in [3.8, 4) is 0 Å². The number of anilines is 1. The van der Waals surface area contributed by atoms with Crippen LogP contribution in [0.1, 0.15) is 36.6 Å². The largest absolute Gasteiger partial charge is 0.322 e. The molecule has 0 fully saturated rings. The standard InChI is InChI=1S/C22H17Cl2N3O3/c1-13-4-2-3-5-17(13)21(29)25-16-9-6-14(7-10-16)20(28)26-27-22(30)18-11-8-15(23)12-19(18)24/h2-12H,1H3,(H,25,29)(H,26,28)(H,27,30). The van der Waals surface area contributed by atoms with E-state index in [1.807, 2.05) is 19.1 Å². The maximum absolute atomic E-state index is 12.4. The minimum Gasteiger partial charge on any atom is -0.322 e. The predicted octanol–water partition coefficient (Wildman–Crippen LogP) is 4.63. The molecule has 0 unspecified atom stereocenters. The molecule has 0 aliphatic rings. The average Bonchev–Trinajstić information content (AvgIpc) is 2.72. The number of benzene rings is 3. The fourth-order valence-corrected chi connectivity index (χ4v) is 3.15. The number of nitrogens with one attached hydrogen (secondary N) is 3. The quantitative estimate of drug-likeness (QED) is 0.515.